The Morgan fingerprint density at radius 1 is 1.44 bits per heavy atom. The summed E-state index contributed by atoms with van der Waals surface area (Å²) in [6.07, 6.45) is 0. The van der Waals surface area contributed by atoms with Gasteiger partial charge in [0.15, 0.2) is 0 Å². The van der Waals surface area contributed by atoms with Crippen molar-refractivity contribution in [3.05, 3.63) is 35.5 Å². The third kappa shape index (κ3) is 1.48. The van der Waals surface area contributed by atoms with E-state index in [-0.39, 0.29) is 17.5 Å². The molecule has 1 atom stereocenters. The summed E-state index contributed by atoms with van der Waals surface area (Å²) in [4.78, 5) is 22.8. The average molecular weight is 244 g/mol. The quantitative estimate of drug-likeness (QED) is 0.798. The van der Waals surface area contributed by atoms with E-state index in [0.29, 0.717) is 12.2 Å². The van der Waals surface area contributed by atoms with Crippen LogP contribution >= 0.6 is 0 Å². The van der Waals surface area contributed by atoms with Crippen LogP contribution in [0.15, 0.2) is 24.3 Å². The lowest BCUT2D eigenvalue weighted by atomic mass is 10.1. The number of carboxylic acid groups (broad SMARTS) is 1. The summed E-state index contributed by atoms with van der Waals surface area (Å²) in [5.41, 5.74) is 1.62. The SMILES string of the molecule is CC1Cn2c(cc3ccc(C(=O)O)cc32)C(=O)N1. The van der Waals surface area contributed by atoms with Crippen LogP contribution < -0.4 is 5.32 Å². The monoisotopic (exact) mass is 244 g/mol. The van der Waals surface area contributed by atoms with Gasteiger partial charge in [0.2, 0.25) is 0 Å². The molecule has 2 aromatic rings. The van der Waals surface area contributed by atoms with E-state index in [0.717, 1.165) is 10.9 Å². The van der Waals surface area contributed by atoms with Crippen LogP contribution in [0.1, 0.15) is 27.8 Å². The molecule has 5 nitrogen and oxygen atoms in total. The first-order valence-corrected chi connectivity index (χ1v) is 5.73. The Morgan fingerprint density at radius 2 is 2.22 bits per heavy atom. The number of aromatic nitrogens is 1. The number of hydrogen-bond acceptors (Lipinski definition) is 2. The number of hydrogen-bond donors (Lipinski definition) is 2. The molecule has 1 aliphatic rings. The van der Waals surface area contributed by atoms with E-state index >= 15 is 0 Å². The van der Waals surface area contributed by atoms with Crippen LogP contribution in [0.25, 0.3) is 10.9 Å². The highest BCUT2D eigenvalue weighted by Gasteiger charge is 2.23. The van der Waals surface area contributed by atoms with Gasteiger partial charge in [0.1, 0.15) is 5.69 Å². The molecule has 1 aromatic heterocycles. The summed E-state index contributed by atoms with van der Waals surface area (Å²) in [5.74, 6) is -1.07. The van der Waals surface area contributed by atoms with E-state index in [4.69, 9.17) is 5.11 Å². The average Bonchev–Trinajstić information content (AvgIpc) is 2.67. The maximum atomic E-state index is 11.8. The number of benzene rings is 1. The first kappa shape index (κ1) is 10.8. The second kappa shape index (κ2) is 3.60. The number of nitrogens with one attached hydrogen (secondary N) is 1. The number of rotatable bonds is 1. The molecule has 92 valence electrons. The van der Waals surface area contributed by atoms with E-state index < -0.39 is 5.97 Å². The molecule has 0 radical (unpaired) electrons. The highest BCUT2D eigenvalue weighted by molar-refractivity contribution is 6.01. The van der Waals surface area contributed by atoms with Crippen molar-refractivity contribution in [2.45, 2.75) is 19.5 Å². The van der Waals surface area contributed by atoms with Crippen molar-refractivity contribution in [1.82, 2.24) is 9.88 Å². The number of fused-ring (bicyclic) bond motifs is 3. The highest BCUT2D eigenvalue weighted by atomic mass is 16.4. The van der Waals surface area contributed by atoms with Crippen LogP contribution in [-0.4, -0.2) is 27.6 Å². The number of carboxylic acids is 1. The Bertz CT molecular complexity index is 672. The number of carbonyl (C=O) groups is 2. The molecular formula is C13H12N2O3. The summed E-state index contributed by atoms with van der Waals surface area (Å²) < 4.78 is 1.88. The van der Waals surface area contributed by atoms with Gasteiger partial charge in [-0.1, -0.05) is 6.07 Å². The number of amides is 1. The molecule has 0 saturated heterocycles. The van der Waals surface area contributed by atoms with Crippen molar-refractivity contribution in [1.29, 1.82) is 0 Å². The highest BCUT2D eigenvalue weighted by Crippen LogP contribution is 2.24. The lowest BCUT2D eigenvalue weighted by Crippen LogP contribution is -2.42. The Kier molecular flexibility index (Phi) is 2.16. The lowest BCUT2D eigenvalue weighted by molar-refractivity contribution is 0.0696. The second-order valence-electron chi connectivity index (χ2n) is 4.59. The maximum absolute atomic E-state index is 11.8. The molecule has 0 saturated carbocycles. The molecule has 3 rings (SSSR count). The molecule has 0 fully saturated rings. The maximum Gasteiger partial charge on any atom is 0.335 e. The van der Waals surface area contributed by atoms with Gasteiger partial charge in [0.05, 0.1) is 5.56 Å². The van der Waals surface area contributed by atoms with Crippen LogP contribution in [0.3, 0.4) is 0 Å². The van der Waals surface area contributed by atoms with Gasteiger partial charge in [-0.25, -0.2) is 4.79 Å². The fourth-order valence-electron chi connectivity index (χ4n) is 2.39. The molecule has 18 heavy (non-hydrogen) atoms. The topological polar surface area (TPSA) is 71.3 Å². The molecule has 2 heterocycles. The second-order valence-corrected chi connectivity index (χ2v) is 4.59. The Labute approximate surface area is 103 Å². The molecule has 0 bridgehead atoms. The molecule has 0 aliphatic carbocycles. The molecule has 0 spiro atoms. The third-order valence-corrected chi connectivity index (χ3v) is 3.22. The Morgan fingerprint density at radius 3 is 2.94 bits per heavy atom. The minimum absolute atomic E-state index is 0.0501. The normalized spacial score (nSPS) is 18.5. The summed E-state index contributed by atoms with van der Waals surface area (Å²) in [5, 5.41) is 12.7. The summed E-state index contributed by atoms with van der Waals surface area (Å²) >= 11 is 0. The zero-order valence-corrected chi connectivity index (χ0v) is 9.80. The standard InChI is InChI=1S/C13H12N2O3/c1-7-6-15-10-5-9(13(17)18)3-2-8(10)4-11(15)12(16)14-7/h2-5,7H,6H2,1H3,(H,14,16)(H,17,18). The first-order chi connectivity index (χ1) is 8.56. The van der Waals surface area contributed by atoms with Gasteiger partial charge in [0, 0.05) is 23.5 Å². The number of aromatic carboxylic acids is 1. The van der Waals surface area contributed by atoms with Gasteiger partial charge in [-0.2, -0.15) is 0 Å². The van der Waals surface area contributed by atoms with Crippen molar-refractivity contribution in [2.24, 2.45) is 0 Å². The lowest BCUT2D eigenvalue weighted by Gasteiger charge is -2.23. The smallest absolute Gasteiger partial charge is 0.335 e. The van der Waals surface area contributed by atoms with Crippen LogP contribution in [-0.2, 0) is 6.54 Å². The van der Waals surface area contributed by atoms with Crippen molar-refractivity contribution >= 4 is 22.8 Å². The molecule has 2 N–H and O–H groups in total. The zero-order chi connectivity index (χ0) is 12.9. The first-order valence-electron chi connectivity index (χ1n) is 5.73. The minimum Gasteiger partial charge on any atom is -0.478 e. The van der Waals surface area contributed by atoms with Crippen LogP contribution in [0.2, 0.25) is 0 Å². The third-order valence-electron chi connectivity index (χ3n) is 3.22. The van der Waals surface area contributed by atoms with E-state index in [9.17, 15) is 9.59 Å². The Hall–Kier alpha value is -2.30. The van der Waals surface area contributed by atoms with E-state index in [1.54, 1.807) is 24.3 Å². The van der Waals surface area contributed by atoms with Crippen molar-refractivity contribution in [3.8, 4) is 0 Å². The van der Waals surface area contributed by atoms with Crippen LogP contribution in [0.5, 0.6) is 0 Å². The van der Waals surface area contributed by atoms with Crippen LogP contribution in [0, 0.1) is 0 Å². The Balaban J connectivity index is 2.26. The number of nitrogens with zero attached hydrogens (tertiary/aromatic N) is 1. The number of carbonyl (C=O) groups excluding carboxylic acids is 1. The van der Waals surface area contributed by atoms with Crippen LogP contribution in [0.4, 0.5) is 0 Å². The van der Waals surface area contributed by atoms with Gasteiger partial charge in [0.25, 0.3) is 5.91 Å². The van der Waals surface area contributed by atoms with E-state index in [2.05, 4.69) is 5.32 Å². The molecule has 1 aliphatic heterocycles. The van der Waals surface area contributed by atoms with E-state index in [1.807, 2.05) is 11.5 Å². The predicted octanol–water partition coefficient (Wildman–Crippen LogP) is 1.47. The fraction of sp³-hybridized carbons (Fsp3) is 0.231. The molecule has 1 unspecified atom stereocenters. The summed E-state index contributed by atoms with van der Waals surface area (Å²) in [6.45, 7) is 2.58. The molecular weight excluding hydrogens is 232 g/mol. The zero-order valence-electron chi connectivity index (χ0n) is 9.80. The largest absolute Gasteiger partial charge is 0.478 e. The summed E-state index contributed by atoms with van der Waals surface area (Å²) in [6, 6.07) is 6.75. The van der Waals surface area contributed by atoms with Gasteiger partial charge in [-0.05, 0) is 25.1 Å². The van der Waals surface area contributed by atoms with Crippen molar-refractivity contribution in [3.63, 3.8) is 0 Å². The van der Waals surface area contributed by atoms with Gasteiger partial charge < -0.3 is 15.0 Å². The van der Waals surface area contributed by atoms with Gasteiger partial charge >= 0.3 is 5.97 Å². The molecule has 5 heteroatoms. The molecule has 1 amide bonds. The van der Waals surface area contributed by atoms with E-state index in [1.165, 1.54) is 0 Å². The van der Waals surface area contributed by atoms with Gasteiger partial charge in [-0.15, -0.1) is 0 Å². The molecule has 1 aromatic carbocycles. The minimum atomic E-state index is -0.958. The fourth-order valence-corrected chi connectivity index (χ4v) is 2.39. The predicted molar refractivity (Wildman–Crippen MR) is 65.8 cm³/mol. The van der Waals surface area contributed by atoms with Crippen molar-refractivity contribution < 1.29 is 14.7 Å². The van der Waals surface area contributed by atoms with Crippen molar-refractivity contribution in [2.75, 3.05) is 0 Å². The van der Waals surface area contributed by atoms with Gasteiger partial charge in [-0.3, -0.25) is 4.79 Å². The summed E-state index contributed by atoms with van der Waals surface area (Å²) in [7, 11) is 0.